The highest BCUT2D eigenvalue weighted by atomic mass is 79.9. The molecule has 0 saturated heterocycles. The Morgan fingerprint density at radius 3 is 2.59 bits per heavy atom. The molecule has 17 heavy (non-hydrogen) atoms. The minimum atomic E-state index is -0.688. The van der Waals surface area contributed by atoms with Gasteiger partial charge in [0, 0.05) is 7.05 Å². The van der Waals surface area contributed by atoms with Crippen LogP contribution >= 0.6 is 27.5 Å². The first-order valence-corrected chi connectivity index (χ1v) is 6.13. The van der Waals surface area contributed by atoms with Crippen LogP contribution in [0.4, 0.5) is 8.78 Å². The van der Waals surface area contributed by atoms with Crippen molar-refractivity contribution in [2.24, 2.45) is 7.05 Å². The molecule has 0 amide bonds. The van der Waals surface area contributed by atoms with E-state index in [1.54, 1.807) is 11.6 Å². The van der Waals surface area contributed by atoms with Gasteiger partial charge >= 0.3 is 0 Å². The Morgan fingerprint density at radius 1 is 1.29 bits per heavy atom. The molecule has 7 heteroatoms. The Morgan fingerprint density at radius 2 is 2.00 bits per heavy atom. The summed E-state index contributed by atoms with van der Waals surface area (Å²) in [5, 5.41) is 7.89. The zero-order valence-electron chi connectivity index (χ0n) is 8.72. The standard InChI is InChI=1S/C10H7BrClF2N3/c1-17-9(4-11)15-16-10(17)5-2-8(14)6(12)3-7(5)13/h2-3H,4H2,1H3. The summed E-state index contributed by atoms with van der Waals surface area (Å²) in [5.41, 5.74) is 0.0362. The van der Waals surface area contributed by atoms with Crippen molar-refractivity contribution < 1.29 is 8.78 Å². The highest BCUT2D eigenvalue weighted by Crippen LogP contribution is 2.26. The smallest absolute Gasteiger partial charge is 0.166 e. The van der Waals surface area contributed by atoms with Gasteiger partial charge in [-0.15, -0.1) is 10.2 Å². The second-order valence-corrected chi connectivity index (χ2v) is 4.35. The minimum Gasteiger partial charge on any atom is -0.313 e. The van der Waals surface area contributed by atoms with Crippen LogP contribution in [-0.2, 0) is 12.4 Å². The quantitative estimate of drug-likeness (QED) is 0.627. The maximum atomic E-state index is 13.7. The average molecular weight is 323 g/mol. The van der Waals surface area contributed by atoms with Gasteiger partial charge in [0.25, 0.3) is 0 Å². The summed E-state index contributed by atoms with van der Waals surface area (Å²) in [4.78, 5) is 0. The number of halogens is 4. The molecule has 0 radical (unpaired) electrons. The molecule has 3 nitrogen and oxygen atoms in total. The van der Waals surface area contributed by atoms with E-state index in [0.29, 0.717) is 11.2 Å². The lowest BCUT2D eigenvalue weighted by Crippen LogP contribution is -1.99. The monoisotopic (exact) mass is 321 g/mol. The Bertz CT molecular complexity index is 571. The van der Waals surface area contributed by atoms with Crippen LogP contribution in [0.5, 0.6) is 0 Å². The maximum absolute atomic E-state index is 13.7. The molecule has 2 aromatic rings. The van der Waals surface area contributed by atoms with E-state index in [0.717, 1.165) is 12.1 Å². The van der Waals surface area contributed by atoms with Crippen LogP contribution in [-0.4, -0.2) is 14.8 Å². The third-order valence-corrected chi connectivity index (χ3v) is 3.13. The van der Waals surface area contributed by atoms with Gasteiger partial charge in [0.2, 0.25) is 0 Å². The van der Waals surface area contributed by atoms with Gasteiger partial charge in [0.05, 0.1) is 15.9 Å². The number of benzene rings is 1. The lowest BCUT2D eigenvalue weighted by Gasteiger charge is -2.05. The molecule has 2 rings (SSSR count). The number of hydrogen-bond acceptors (Lipinski definition) is 2. The van der Waals surface area contributed by atoms with Gasteiger partial charge in [0.15, 0.2) is 5.82 Å². The van der Waals surface area contributed by atoms with Crippen molar-refractivity contribution in [3.63, 3.8) is 0 Å². The van der Waals surface area contributed by atoms with E-state index in [1.807, 2.05) is 0 Å². The molecular formula is C10H7BrClF2N3. The lowest BCUT2D eigenvalue weighted by molar-refractivity contribution is 0.601. The molecule has 0 aliphatic rings. The summed E-state index contributed by atoms with van der Waals surface area (Å²) in [7, 11) is 1.68. The number of alkyl halides is 1. The van der Waals surface area contributed by atoms with E-state index in [2.05, 4.69) is 26.1 Å². The van der Waals surface area contributed by atoms with Crippen molar-refractivity contribution in [3.8, 4) is 11.4 Å². The molecule has 90 valence electrons. The predicted molar refractivity (Wildman–Crippen MR) is 64.0 cm³/mol. The van der Waals surface area contributed by atoms with Crippen molar-refractivity contribution in [2.45, 2.75) is 5.33 Å². The van der Waals surface area contributed by atoms with Crippen LogP contribution < -0.4 is 0 Å². The highest BCUT2D eigenvalue weighted by molar-refractivity contribution is 9.08. The van der Waals surface area contributed by atoms with Gasteiger partial charge in [-0.1, -0.05) is 27.5 Å². The van der Waals surface area contributed by atoms with Gasteiger partial charge in [0.1, 0.15) is 17.5 Å². The number of nitrogens with zero attached hydrogens (tertiary/aromatic N) is 3. The molecular weight excluding hydrogens is 315 g/mol. The average Bonchev–Trinajstić information content (AvgIpc) is 2.65. The van der Waals surface area contributed by atoms with Gasteiger partial charge in [-0.2, -0.15) is 0 Å². The largest absolute Gasteiger partial charge is 0.313 e. The third kappa shape index (κ3) is 2.19. The highest BCUT2D eigenvalue weighted by Gasteiger charge is 2.16. The number of aromatic nitrogens is 3. The summed E-state index contributed by atoms with van der Waals surface area (Å²) in [6.45, 7) is 0. The molecule has 1 heterocycles. The number of rotatable bonds is 2. The van der Waals surface area contributed by atoms with E-state index in [4.69, 9.17) is 11.6 Å². The molecule has 0 bridgehead atoms. The molecule has 0 atom stereocenters. The summed E-state index contributed by atoms with van der Waals surface area (Å²) in [5.74, 6) is -0.443. The summed E-state index contributed by atoms with van der Waals surface area (Å²) < 4.78 is 28.5. The molecule has 0 saturated carbocycles. The fourth-order valence-corrected chi connectivity index (χ4v) is 2.04. The van der Waals surface area contributed by atoms with Crippen molar-refractivity contribution in [1.29, 1.82) is 0 Å². The van der Waals surface area contributed by atoms with Gasteiger partial charge in [-0.05, 0) is 12.1 Å². The fraction of sp³-hybridized carbons (Fsp3) is 0.200. The normalized spacial score (nSPS) is 10.9. The molecule has 1 aromatic heterocycles. The molecule has 0 aliphatic heterocycles. The number of hydrogen-bond donors (Lipinski definition) is 0. The van der Waals surface area contributed by atoms with Crippen LogP contribution in [0.15, 0.2) is 12.1 Å². The molecule has 0 spiro atoms. The van der Waals surface area contributed by atoms with Crippen LogP contribution in [0.2, 0.25) is 5.02 Å². The van der Waals surface area contributed by atoms with E-state index in [9.17, 15) is 8.78 Å². The Labute approximate surface area is 110 Å². The first kappa shape index (κ1) is 12.4. The second-order valence-electron chi connectivity index (χ2n) is 3.38. The lowest BCUT2D eigenvalue weighted by atomic mass is 10.2. The first-order chi connectivity index (χ1) is 8.04. The minimum absolute atomic E-state index is 0.0362. The van der Waals surface area contributed by atoms with Gasteiger partial charge < -0.3 is 4.57 Å². The summed E-state index contributed by atoms with van der Waals surface area (Å²) in [6, 6.07) is 1.94. The summed E-state index contributed by atoms with van der Waals surface area (Å²) in [6.07, 6.45) is 0. The Balaban J connectivity index is 2.60. The van der Waals surface area contributed by atoms with Crippen LogP contribution in [0.1, 0.15) is 5.82 Å². The van der Waals surface area contributed by atoms with E-state index in [1.165, 1.54) is 0 Å². The first-order valence-electron chi connectivity index (χ1n) is 4.63. The van der Waals surface area contributed by atoms with Crippen molar-refractivity contribution in [2.75, 3.05) is 0 Å². The Hall–Kier alpha value is -1.01. The van der Waals surface area contributed by atoms with Crippen molar-refractivity contribution in [3.05, 3.63) is 34.6 Å². The zero-order valence-corrected chi connectivity index (χ0v) is 11.1. The zero-order chi connectivity index (χ0) is 12.6. The van der Waals surface area contributed by atoms with Gasteiger partial charge in [-0.3, -0.25) is 0 Å². The van der Waals surface area contributed by atoms with Crippen molar-refractivity contribution >= 4 is 27.5 Å². The molecule has 1 aromatic carbocycles. The van der Waals surface area contributed by atoms with Gasteiger partial charge in [-0.25, -0.2) is 8.78 Å². The van der Waals surface area contributed by atoms with Crippen LogP contribution in [0.3, 0.4) is 0 Å². The SMILES string of the molecule is Cn1c(CBr)nnc1-c1cc(F)c(Cl)cc1F. The third-order valence-electron chi connectivity index (χ3n) is 2.34. The molecule has 0 aliphatic carbocycles. The van der Waals surface area contributed by atoms with E-state index < -0.39 is 11.6 Å². The van der Waals surface area contributed by atoms with Crippen LogP contribution in [0.25, 0.3) is 11.4 Å². The van der Waals surface area contributed by atoms with Crippen molar-refractivity contribution in [1.82, 2.24) is 14.8 Å². The summed E-state index contributed by atoms with van der Waals surface area (Å²) >= 11 is 8.71. The topological polar surface area (TPSA) is 30.7 Å². The second kappa shape index (κ2) is 4.70. The predicted octanol–water partition coefficient (Wildman–Crippen LogP) is 3.31. The van der Waals surface area contributed by atoms with E-state index in [-0.39, 0.29) is 16.4 Å². The van der Waals surface area contributed by atoms with E-state index >= 15 is 0 Å². The maximum Gasteiger partial charge on any atom is 0.166 e. The molecule has 0 N–H and O–H groups in total. The fourth-order valence-electron chi connectivity index (χ4n) is 1.41. The van der Waals surface area contributed by atoms with Crippen LogP contribution in [0, 0.1) is 11.6 Å². The Kier molecular flexibility index (Phi) is 3.44. The molecule has 0 unspecified atom stereocenters. The molecule has 0 fully saturated rings.